The second kappa shape index (κ2) is 13.3. The van der Waals surface area contributed by atoms with E-state index in [-0.39, 0.29) is 0 Å². The van der Waals surface area contributed by atoms with Gasteiger partial charge in [0.15, 0.2) is 0 Å². The van der Waals surface area contributed by atoms with Crippen LogP contribution in [-0.4, -0.2) is 76.0 Å². The first kappa shape index (κ1) is 19.9. The topological polar surface area (TPSA) is 24.9 Å². The van der Waals surface area contributed by atoms with Gasteiger partial charge < -0.3 is 14.4 Å². The molecular weight excluding hydrogens is 276 g/mol. The summed E-state index contributed by atoms with van der Waals surface area (Å²) in [6.07, 6.45) is 6.28. The van der Waals surface area contributed by atoms with Crippen LogP contribution in [0.5, 0.6) is 0 Å². The molecule has 0 aromatic heterocycles. The second-order valence-electron chi connectivity index (χ2n) is 6.89. The van der Waals surface area contributed by atoms with E-state index in [2.05, 4.69) is 23.6 Å². The third-order valence-electron chi connectivity index (χ3n) is 4.41. The van der Waals surface area contributed by atoms with E-state index in [0.29, 0.717) is 0 Å². The van der Waals surface area contributed by atoms with Crippen molar-refractivity contribution in [2.75, 3.05) is 66.2 Å². The molecule has 132 valence electrons. The zero-order valence-electron chi connectivity index (χ0n) is 15.2. The van der Waals surface area contributed by atoms with Gasteiger partial charge in [0.1, 0.15) is 0 Å². The van der Waals surface area contributed by atoms with E-state index in [0.717, 1.165) is 32.3 Å². The molecule has 1 fully saturated rings. The van der Waals surface area contributed by atoms with Crippen LogP contribution in [0.25, 0.3) is 0 Å². The lowest BCUT2D eigenvalue weighted by Gasteiger charge is -2.34. The summed E-state index contributed by atoms with van der Waals surface area (Å²) < 4.78 is 10.8. The third kappa shape index (κ3) is 10.5. The predicted octanol–water partition coefficient (Wildman–Crippen LogP) is 2.87. The van der Waals surface area contributed by atoms with Crippen LogP contribution in [-0.2, 0) is 9.47 Å². The van der Waals surface area contributed by atoms with E-state index in [4.69, 9.17) is 9.47 Å². The molecule has 0 bridgehead atoms. The van der Waals surface area contributed by atoms with Crippen LogP contribution >= 0.6 is 0 Å². The van der Waals surface area contributed by atoms with Gasteiger partial charge in [-0.15, -0.1) is 0 Å². The molecule has 4 heteroatoms. The Morgan fingerprint density at radius 1 is 0.773 bits per heavy atom. The Morgan fingerprint density at radius 2 is 1.45 bits per heavy atom. The average Bonchev–Trinajstić information content (AvgIpc) is 2.51. The Morgan fingerprint density at radius 3 is 2.09 bits per heavy atom. The molecule has 1 aliphatic heterocycles. The van der Waals surface area contributed by atoms with Crippen molar-refractivity contribution in [3.63, 3.8) is 0 Å². The van der Waals surface area contributed by atoms with Crippen molar-refractivity contribution in [1.82, 2.24) is 9.80 Å². The largest absolute Gasteiger partial charge is 0.385 e. The highest BCUT2D eigenvalue weighted by atomic mass is 16.5. The first-order chi connectivity index (χ1) is 10.7. The molecule has 0 atom stereocenters. The van der Waals surface area contributed by atoms with Gasteiger partial charge in [-0.2, -0.15) is 0 Å². The molecular formula is C18H38N2O2. The molecule has 1 saturated heterocycles. The van der Waals surface area contributed by atoms with Crippen molar-refractivity contribution >= 4 is 0 Å². The Hall–Kier alpha value is -0.160. The highest BCUT2D eigenvalue weighted by molar-refractivity contribution is 4.71. The van der Waals surface area contributed by atoms with E-state index in [1.165, 1.54) is 64.8 Å². The lowest BCUT2D eigenvalue weighted by atomic mass is 10.1. The fourth-order valence-corrected chi connectivity index (χ4v) is 2.88. The molecule has 0 amide bonds. The zero-order chi connectivity index (χ0) is 16.0. The van der Waals surface area contributed by atoms with Crippen LogP contribution in [0, 0.1) is 5.92 Å². The van der Waals surface area contributed by atoms with Crippen molar-refractivity contribution in [3.05, 3.63) is 0 Å². The Bertz CT molecular complexity index is 241. The number of hydrogen-bond acceptors (Lipinski definition) is 4. The van der Waals surface area contributed by atoms with E-state index in [9.17, 15) is 0 Å². The number of methoxy groups -OCH3 is 1. The first-order valence-corrected chi connectivity index (χ1v) is 9.23. The monoisotopic (exact) mass is 314 g/mol. The number of ether oxygens (including phenoxy) is 2. The predicted molar refractivity (Wildman–Crippen MR) is 93.5 cm³/mol. The van der Waals surface area contributed by atoms with Crippen molar-refractivity contribution < 1.29 is 9.47 Å². The van der Waals surface area contributed by atoms with Crippen LogP contribution in [0.2, 0.25) is 0 Å². The van der Waals surface area contributed by atoms with Gasteiger partial charge in [0, 0.05) is 53.0 Å². The van der Waals surface area contributed by atoms with Gasteiger partial charge in [-0.1, -0.05) is 13.8 Å². The minimum absolute atomic E-state index is 0.797. The van der Waals surface area contributed by atoms with Crippen molar-refractivity contribution in [3.8, 4) is 0 Å². The number of nitrogens with zero attached hydrogens (tertiary/aromatic N) is 2. The third-order valence-corrected chi connectivity index (χ3v) is 4.41. The van der Waals surface area contributed by atoms with Gasteiger partial charge >= 0.3 is 0 Å². The summed E-state index contributed by atoms with van der Waals surface area (Å²) in [6.45, 7) is 14.5. The van der Waals surface area contributed by atoms with E-state index < -0.39 is 0 Å². The van der Waals surface area contributed by atoms with E-state index in [1.54, 1.807) is 7.11 Å². The number of hydrogen-bond donors (Lipinski definition) is 0. The fraction of sp³-hybridized carbons (Fsp3) is 1.00. The molecule has 0 N–H and O–H groups in total. The first-order valence-electron chi connectivity index (χ1n) is 9.23. The molecule has 0 spiro atoms. The second-order valence-corrected chi connectivity index (χ2v) is 6.89. The minimum Gasteiger partial charge on any atom is -0.385 e. The molecule has 0 unspecified atom stereocenters. The Labute approximate surface area is 138 Å². The molecule has 0 aromatic carbocycles. The van der Waals surface area contributed by atoms with Crippen LogP contribution in [0.1, 0.15) is 46.0 Å². The summed E-state index contributed by atoms with van der Waals surface area (Å²) in [6, 6.07) is 0. The maximum Gasteiger partial charge on any atom is 0.0593 e. The smallest absolute Gasteiger partial charge is 0.0593 e. The quantitative estimate of drug-likeness (QED) is 0.488. The average molecular weight is 315 g/mol. The lowest BCUT2D eigenvalue weighted by molar-refractivity contribution is 0.0725. The summed E-state index contributed by atoms with van der Waals surface area (Å²) in [4.78, 5) is 5.15. The maximum absolute atomic E-state index is 5.75. The van der Waals surface area contributed by atoms with Crippen LogP contribution < -0.4 is 0 Å². The van der Waals surface area contributed by atoms with Gasteiger partial charge in [0.05, 0.1) is 6.61 Å². The summed E-state index contributed by atoms with van der Waals surface area (Å²) >= 11 is 0. The molecule has 0 saturated carbocycles. The molecule has 1 rings (SSSR count). The van der Waals surface area contributed by atoms with Gasteiger partial charge in [-0.25, -0.2) is 0 Å². The van der Waals surface area contributed by atoms with E-state index in [1.807, 2.05) is 0 Å². The van der Waals surface area contributed by atoms with Crippen LogP contribution in [0.3, 0.4) is 0 Å². The van der Waals surface area contributed by atoms with Gasteiger partial charge in [-0.3, -0.25) is 4.90 Å². The number of rotatable bonds is 13. The SMILES string of the molecule is COCCCCCN1CCN(CCOCCCC(C)C)CC1. The minimum atomic E-state index is 0.797. The molecule has 1 heterocycles. The molecule has 1 aliphatic rings. The highest BCUT2D eigenvalue weighted by Crippen LogP contribution is 2.06. The van der Waals surface area contributed by atoms with E-state index >= 15 is 0 Å². The summed E-state index contributed by atoms with van der Waals surface area (Å²) in [5.74, 6) is 0.797. The fourth-order valence-electron chi connectivity index (χ4n) is 2.88. The van der Waals surface area contributed by atoms with Crippen LogP contribution in [0.4, 0.5) is 0 Å². The van der Waals surface area contributed by atoms with Crippen molar-refractivity contribution in [2.45, 2.75) is 46.0 Å². The van der Waals surface area contributed by atoms with Crippen molar-refractivity contribution in [2.24, 2.45) is 5.92 Å². The molecule has 0 aromatic rings. The number of piperazine rings is 1. The lowest BCUT2D eigenvalue weighted by Crippen LogP contribution is -2.47. The normalized spacial score (nSPS) is 17.5. The Kier molecular flexibility index (Phi) is 12.0. The standard InChI is InChI=1S/C18H38N2O2/c1-18(2)8-7-16-22-17-14-20-12-10-19(11-13-20)9-5-4-6-15-21-3/h18H,4-17H2,1-3H3. The summed E-state index contributed by atoms with van der Waals surface area (Å²) in [5.41, 5.74) is 0. The summed E-state index contributed by atoms with van der Waals surface area (Å²) in [7, 11) is 1.78. The molecule has 0 aliphatic carbocycles. The van der Waals surface area contributed by atoms with Crippen molar-refractivity contribution in [1.29, 1.82) is 0 Å². The van der Waals surface area contributed by atoms with Gasteiger partial charge in [-0.05, 0) is 44.6 Å². The van der Waals surface area contributed by atoms with Crippen LogP contribution in [0.15, 0.2) is 0 Å². The summed E-state index contributed by atoms with van der Waals surface area (Å²) in [5, 5.41) is 0. The molecule has 4 nitrogen and oxygen atoms in total. The Balaban J connectivity index is 1.90. The highest BCUT2D eigenvalue weighted by Gasteiger charge is 2.15. The number of unbranched alkanes of at least 4 members (excludes halogenated alkanes) is 2. The maximum atomic E-state index is 5.75. The molecule has 22 heavy (non-hydrogen) atoms. The van der Waals surface area contributed by atoms with Gasteiger partial charge in [0.2, 0.25) is 0 Å². The molecule has 0 radical (unpaired) electrons. The van der Waals surface area contributed by atoms with Gasteiger partial charge in [0.25, 0.3) is 0 Å². The zero-order valence-corrected chi connectivity index (χ0v) is 15.2.